The molecule has 0 saturated heterocycles. The molecule has 0 aromatic rings. The van der Waals surface area contributed by atoms with Crippen molar-refractivity contribution in [1.82, 2.24) is 5.32 Å². The average molecular weight is 175 g/mol. The summed E-state index contributed by atoms with van der Waals surface area (Å²) in [5.41, 5.74) is 0. The molecule has 4 heteroatoms. The first-order valence-electron chi connectivity index (χ1n) is 3.94. The Bertz CT molecular complexity index is 106. The Balaban J connectivity index is 0. The van der Waals surface area contributed by atoms with Crippen LogP contribution in [0.15, 0.2) is 0 Å². The van der Waals surface area contributed by atoms with E-state index < -0.39 is 0 Å². The summed E-state index contributed by atoms with van der Waals surface area (Å²) in [5.74, 6) is -0.0315. The van der Waals surface area contributed by atoms with Gasteiger partial charge in [-0.3, -0.25) is 4.79 Å². The molecule has 12 heavy (non-hydrogen) atoms. The number of hydrogen-bond acceptors (Lipinski definition) is 3. The molecule has 0 unspecified atom stereocenters. The highest BCUT2D eigenvalue weighted by Gasteiger charge is 1.96. The van der Waals surface area contributed by atoms with Gasteiger partial charge in [0.15, 0.2) is 0 Å². The SMILES string of the molecule is C=O.CCCOCC(=O)NCC. The lowest BCUT2D eigenvalue weighted by atomic mass is 10.5. The summed E-state index contributed by atoms with van der Waals surface area (Å²) < 4.78 is 4.99. The normalized spacial score (nSPS) is 8.17. The summed E-state index contributed by atoms with van der Waals surface area (Å²) in [6.45, 7) is 7.43. The van der Waals surface area contributed by atoms with Crippen molar-refractivity contribution in [2.45, 2.75) is 20.3 Å². The zero-order valence-electron chi connectivity index (χ0n) is 7.76. The topological polar surface area (TPSA) is 55.4 Å². The molecule has 0 aromatic heterocycles. The second-order valence-electron chi connectivity index (χ2n) is 2.01. The van der Waals surface area contributed by atoms with Crippen molar-refractivity contribution >= 4 is 12.7 Å². The van der Waals surface area contributed by atoms with E-state index in [2.05, 4.69) is 5.32 Å². The average Bonchev–Trinajstić information content (AvgIpc) is 2.09. The molecule has 4 nitrogen and oxygen atoms in total. The van der Waals surface area contributed by atoms with Gasteiger partial charge in [0.2, 0.25) is 5.91 Å². The van der Waals surface area contributed by atoms with E-state index in [0.29, 0.717) is 13.2 Å². The van der Waals surface area contributed by atoms with Crippen molar-refractivity contribution in [2.24, 2.45) is 0 Å². The van der Waals surface area contributed by atoms with E-state index in [-0.39, 0.29) is 12.5 Å². The lowest BCUT2D eigenvalue weighted by Gasteiger charge is -2.01. The van der Waals surface area contributed by atoms with Crippen LogP contribution in [-0.4, -0.2) is 32.5 Å². The van der Waals surface area contributed by atoms with Gasteiger partial charge in [-0.1, -0.05) is 6.92 Å². The smallest absolute Gasteiger partial charge is 0.245 e. The van der Waals surface area contributed by atoms with Crippen molar-refractivity contribution in [3.63, 3.8) is 0 Å². The number of rotatable bonds is 5. The van der Waals surface area contributed by atoms with E-state index in [1.165, 1.54) is 0 Å². The zero-order valence-corrected chi connectivity index (χ0v) is 7.76. The fraction of sp³-hybridized carbons (Fsp3) is 0.750. The maximum atomic E-state index is 10.7. The summed E-state index contributed by atoms with van der Waals surface area (Å²) >= 11 is 0. The summed E-state index contributed by atoms with van der Waals surface area (Å²) in [5, 5.41) is 2.64. The molecule has 0 rings (SSSR count). The first-order chi connectivity index (χ1) is 5.81. The van der Waals surface area contributed by atoms with Gasteiger partial charge in [0, 0.05) is 13.2 Å². The molecule has 0 saturated carbocycles. The first kappa shape index (κ1) is 13.7. The number of amides is 1. The summed E-state index contributed by atoms with van der Waals surface area (Å²) in [4.78, 5) is 18.7. The molecule has 0 atom stereocenters. The van der Waals surface area contributed by atoms with Crippen LogP contribution in [0, 0.1) is 0 Å². The Kier molecular flexibility index (Phi) is 14.5. The van der Waals surface area contributed by atoms with Gasteiger partial charge in [-0.25, -0.2) is 0 Å². The van der Waals surface area contributed by atoms with E-state index in [1.54, 1.807) is 0 Å². The van der Waals surface area contributed by atoms with Crippen LogP contribution in [0.4, 0.5) is 0 Å². The lowest BCUT2D eigenvalue weighted by Crippen LogP contribution is -2.27. The minimum Gasteiger partial charge on any atom is -0.372 e. The summed E-state index contributed by atoms with van der Waals surface area (Å²) in [7, 11) is 0. The van der Waals surface area contributed by atoms with Gasteiger partial charge < -0.3 is 14.8 Å². The third kappa shape index (κ3) is 11.8. The molecule has 1 amide bonds. The zero-order chi connectivity index (χ0) is 9.82. The number of likely N-dealkylation sites (N-methyl/N-ethyl adjacent to an activating group) is 1. The van der Waals surface area contributed by atoms with Gasteiger partial charge >= 0.3 is 0 Å². The molecule has 0 aromatic carbocycles. The third-order valence-corrected chi connectivity index (χ3v) is 0.956. The van der Waals surface area contributed by atoms with Gasteiger partial charge in [0.05, 0.1) is 0 Å². The van der Waals surface area contributed by atoms with Crippen LogP contribution in [0.25, 0.3) is 0 Å². The van der Waals surface area contributed by atoms with Crippen molar-refractivity contribution in [2.75, 3.05) is 19.8 Å². The predicted molar refractivity (Wildman–Crippen MR) is 46.9 cm³/mol. The summed E-state index contributed by atoms with van der Waals surface area (Å²) in [6, 6.07) is 0. The van der Waals surface area contributed by atoms with Crippen LogP contribution in [0.5, 0.6) is 0 Å². The van der Waals surface area contributed by atoms with Crippen LogP contribution in [0.3, 0.4) is 0 Å². The highest BCUT2D eigenvalue weighted by molar-refractivity contribution is 5.77. The Hall–Kier alpha value is -0.900. The first-order valence-corrected chi connectivity index (χ1v) is 3.94. The fourth-order valence-electron chi connectivity index (χ4n) is 0.557. The lowest BCUT2D eigenvalue weighted by molar-refractivity contribution is -0.125. The van der Waals surface area contributed by atoms with E-state index in [9.17, 15) is 4.79 Å². The molecule has 1 N–H and O–H groups in total. The van der Waals surface area contributed by atoms with E-state index in [1.807, 2.05) is 20.6 Å². The maximum absolute atomic E-state index is 10.7. The van der Waals surface area contributed by atoms with Crippen molar-refractivity contribution < 1.29 is 14.3 Å². The molecule has 0 bridgehead atoms. The van der Waals surface area contributed by atoms with Crippen LogP contribution >= 0.6 is 0 Å². The molecule has 0 aliphatic carbocycles. The number of carbonyl (C=O) groups excluding carboxylic acids is 2. The van der Waals surface area contributed by atoms with E-state index >= 15 is 0 Å². The highest BCUT2D eigenvalue weighted by atomic mass is 16.5. The van der Waals surface area contributed by atoms with E-state index in [4.69, 9.17) is 9.53 Å². The standard InChI is InChI=1S/C7H15NO2.CH2O/c1-3-5-10-6-7(9)8-4-2;1-2/h3-6H2,1-2H3,(H,8,9);1H2. The van der Waals surface area contributed by atoms with Crippen LogP contribution in [0.2, 0.25) is 0 Å². The molecule has 0 aliphatic heterocycles. The maximum Gasteiger partial charge on any atom is 0.245 e. The predicted octanol–water partition coefficient (Wildman–Crippen LogP) is 0.364. The third-order valence-electron chi connectivity index (χ3n) is 0.956. The van der Waals surface area contributed by atoms with Crippen LogP contribution < -0.4 is 5.32 Å². The monoisotopic (exact) mass is 175 g/mol. The van der Waals surface area contributed by atoms with Gasteiger partial charge in [-0.05, 0) is 13.3 Å². The van der Waals surface area contributed by atoms with Crippen LogP contribution in [0.1, 0.15) is 20.3 Å². The van der Waals surface area contributed by atoms with Gasteiger partial charge in [0.1, 0.15) is 13.4 Å². The molecule has 0 heterocycles. The molecule has 0 fully saturated rings. The fourth-order valence-corrected chi connectivity index (χ4v) is 0.557. The number of ether oxygens (including phenoxy) is 1. The Morgan fingerprint density at radius 1 is 1.42 bits per heavy atom. The Morgan fingerprint density at radius 3 is 2.42 bits per heavy atom. The van der Waals surface area contributed by atoms with Crippen molar-refractivity contribution in [1.29, 1.82) is 0 Å². The second-order valence-corrected chi connectivity index (χ2v) is 2.01. The molecular formula is C8H17NO3. The molecule has 72 valence electrons. The Labute approximate surface area is 73.3 Å². The van der Waals surface area contributed by atoms with Crippen molar-refractivity contribution in [3.05, 3.63) is 0 Å². The highest BCUT2D eigenvalue weighted by Crippen LogP contribution is 1.78. The van der Waals surface area contributed by atoms with Gasteiger partial charge in [-0.2, -0.15) is 0 Å². The van der Waals surface area contributed by atoms with Gasteiger partial charge in [-0.15, -0.1) is 0 Å². The number of carbonyl (C=O) groups is 2. The van der Waals surface area contributed by atoms with Crippen molar-refractivity contribution in [3.8, 4) is 0 Å². The van der Waals surface area contributed by atoms with E-state index in [0.717, 1.165) is 6.42 Å². The molecule has 0 aliphatic rings. The quantitative estimate of drug-likeness (QED) is 0.614. The second kappa shape index (κ2) is 12.7. The largest absolute Gasteiger partial charge is 0.372 e. The molecule has 0 spiro atoms. The number of hydrogen-bond donors (Lipinski definition) is 1. The molecular weight excluding hydrogens is 158 g/mol. The number of nitrogens with one attached hydrogen (secondary N) is 1. The van der Waals surface area contributed by atoms with Gasteiger partial charge in [0.25, 0.3) is 0 Å². The molecule has 0 radical (unpaired) electrons. The minimum absolute atomic E-state index is 0.0315. The summed E-state index contributed by atoms with van der Waals surface area (Å²) in [6.07, 6.45) is 0.958. The minimum atomic E-state index is -0.0315. The van der Waals surface area contributed by atoms with Crippen LogP contribution in [-0.2, 0) is 14.3 Å². The Morgan fingerprint density at radius 2 is 2.00 bits per heavy atom.